The number of nitrogens with zero attached hydrogens (tertiary/aromatic N) is 1. The average molecular weight is 244 g/mol. The van der Waals surface area contributed by atoms with E-state index in [2.05, 4.69) is 48.3 Å². The molecule has 0 radical (unpaired) electrons. The molecule has 0 spiro atoms. The van der Waals surface area contributed by atoms with Crippen molar-refractivity contribution < 1.29 is 0 Å². The maximum absolute atomic E-state index is 3.75. The third-order valence-electron chi connectivity index (χ3n) is 4.50. The van der Waals surface area contributed by atoms with Crippen molar-refractivity contribution >= 4 is 0 Å². The van der Waals surface area contributed by atoms with Gasteiger partial charge in [0.15, 0.2) is 0 Å². The fraction of sp³-hybridized carbons (Fsp3) is 0.625. The number of fused-ring (bicyclic) bond motifs is 1. The minimum Gasteiger partial charge on any atom is -0.308 e. The van der Waals surface area contributed by atoms with Gasteiger partial charge in [0.05, 0.1) is 0 Å². The van der Waals surface area contributed by atoms with Gasteiger partial charge in [-0.25, -0.2) is 0 Å². The SMILES string of the molecule is CC1(C)CN[C@H](CN2CCCC2)c2ccccc21. The molecule has 2 heteroatoms. The van der Waals surface area contributed by atoms with Gasteiger partial charge in [-0.15, -0.1) is 0 Å². The predicted octanol–water partition coefficient (Wildman–Crippen LogP) is 2.70. The minimum atomic E-state index is 0.262. The normalized spacial score (nSPS) is 27.1. The van der Waals surface area contributed by atoms with Crippen molar-refractivity contribution in [3.63, 3.8) is 0 Å². The molecule has 1 saturated heterocycles. The van der Waals surface area contributed by atoms with Crippen molar-refractivity contribution in [1.82, 2.24) is 10.2 Å². The number of hydrogen-bond acceptors (Lipinski definition) is 2. The molecule has 0 unspecified atom stereocenters. The van der Waals surface area contributed by atoms with Crippen LogP contribution in [0.4, 0.5) is 0 Å². The molecule has 3 rings (SSSR count). The van der Waals surface area contributed by atoms with Gasteiger partial charge in [-0.2, -0.15) is 0 Å². The molecule has 0 aromatic heterocycles. The molecule has 1 atom stereocenters. The standard InChI is InChI=1S/C16H24N2/c1-16(2)12-17-15(11-18-9-5-6-10-18)13-7-3-4-8-14(13)16/h3-4,7-8,15,17H,5-6,9-12H2,1-2H3/t15-/m1/s1. The monoisotopic (exact) mass is 244 g/mol. The number of hydrogen-bond donors (Lipinski definition) is 1. The molecule has 0 bridgehead atoms. The van der Waals surface area contributed by atoms with Crippen LogP contribution in [0.1, 0.15) is 43.9 Å². The summed E-state index contributed by atoms with van der Waals surface area (Å²) in [6.45, 7) is 9.50. The van der Waals surface area contributed by atoms with Crippen LogP contribution in [0.25, 0.3) is 0 Å². The first kappa shape index (κ1) is 12.2. The number of likely N-dealkylation sites (tertiary alicyclic amines) is 1. The average Bonchev–Trinajstić information content (AvgIpc) is 2.86. The van der Waals surface area contributed by atoms with Crippen LogP contribution in [0.5, 0.6) is 0 Å². The van der Waals surface area contributed by atoms with Gasteiger partial charge in [0, 0.05) is 24.5 Å². The van der Waals surface area contributed by atoms with E-state index < -0.39 is 0 Å². The van der Waals surface area contributed by atoms with Gasteiger partial charge < -0.3 is 10.2 Å². The summed E-state index contributed by atoms with van der Waals surface area (Å²) in [5.41, 5.74) is 3.31. The second kappa shape index (κ2) is 4.67. The molecule has 1 fully saturated rings. The van der Waals surface area contributed by atoms with Gasteiger partial charge in [-0.1, -0.05) is 38.1 Å². The molecule has 2 aliphatic heterocycles. The Bertz CT molecular complexity index is 419. The molecule has 1 aromatic rings. The quantitative estimate of drug-likeness (QED) is 0.860. The molecular weight excluding hydrogens is 220 g/mol. The Morgan fingerprint density at radius 1 is 1.22 bits per heavy atom. The fourth-order valence-electron chi connectivity index (χ4n) is 3.39. The van der Waals surface area contributed by atoms with E-state index in [1.807, 2.05) is 0 Å². The number of nitrogens with one attached hydrogen (secondary N) is 1. The highest BCUT2D eigenvalue weighted by Crippen LogP contribution is 2.34. The van der Waals surface area contributed by atoms with E-state index in [4.69, 9.17) is 0 Å². The number of rotatable bonds is 2. The van der Waals surface area contributed by atoms with E-state index >= 15 is 0 Å². The molecule has 2 heterocycles. The Hall–Kier alpha value is -0.860. The molecule has 1 N–H and O–H groups in total. The van der Waals surface area contributed by atoms with Gasteiger partial charge in [-0.3, -0.25) is 0 Å². The summed E-state index contributed by atoms with van der Waals surface area (Å²) in [5, 5.41) is 3.75. The zero-order valence-electron chi connectivity index (χ0n) is 11.6. The summed E-state index contributed by atoms with van der Waals surface area (Å²) >= 11 is 0. The summed E-state index contributed by atoms with van der Waals surface area (Å²) in [6, 6.07) is 9.50. The second-order valence-corrected chi connectivity index (χ2v) is 6.41. The lowest BCUT2D eigenvalue weighted by molar-refractivity contribution is 0.268. The third kappa shape index (κ3) is 2.19. The molecule has 0 aliphatic carbocycles. The maximum atomic E-state index is 3.75. The van der Waals surface area contributed by atoms with Crippen molar-refractivity contribution in [2.24, 2.45) is 0 Å². The smallest absolute Gasteiger partial charge is 0.0452 e. The Morgan fingerprint density at radius 3 is 2.72 bits per heavy atom. The largest absolute Gasteiger partial charge is 0.308 e. The van der Waals surface area contributed by atoms with E-state index in [-0.39, 0.29) is 5.41 Å². The molecule has 2 aliphatic rings. The van der Waals surface area contributed by atoms with Crippen LogP contribution < -0.4 is 5.32 Å². The van der Waals surface area contributed by atoms with E-state index in [9.17, 15) is 0 Å². The van der Waals surface area contributed by atoms with Crippen molar-refractivity contribution in [3.05, 3.63) is 35.4 Å². The predicted molar refractivity (Wildman–Crippen MR) is 75.9 cm³/mol. The highest BCUT2D eigenvalue weighted by Gasteiger charge is 2.32. The first-order valence-electron chi connectivity index (χ1n) is 7.22. The van der Waals surface area contributed by atoms with E-state index in [1.165, 1.54) is 43.6 Å². The molecule has 98 valence electrons. The summed E-state index contributed by atoms with van der Waals surface area (Å²) in [6.07, 6.45) is 2.75. The molecule has 0 saturated carbocycles. The Balaban J connectivity index is 1.84. The summed E-state index contributed by atoms with van der Waals surface area (Å²) in [7, 11) is 0. The van der Waals surface area contributed by atoms with Crippen LogP contribution in [0, 0.1) is 0 Å². The van der Waals surface area contributed by atoms with Gasteiger partial charge in [0.25, 0.3) is 0 Å². The van der Waals surface area contributed by atoms with Crippen molar-refractivity contribution in [1.29, 1.82) is 0 Å². The lowest BCUT2D eigenvalue weighted by atomic mass is 9.77. The lowest BCUT2D eigenvalue weighted by Crippen LogP contribution is -2.45. The third-order valence-corrected chi connectivity index (χ3v) is 4.50. The van der Waals surface area contributed by atoms with Crippen LogP contribution in [-0.4, -0.2) is 31.1 Å². The molecule has 0 amide bonds. The van der Waals surface area contributed by atoms with Gasteiger partial charge >= 0.3 is 0 Å². The minimum absolute atomic E-state index is 0.262. The maximum Gasteiger partial charge on any atom is 0.0452 e. The highest BCUT2D eigenvalue weighted by molar-refractivity contribution is 5.38. The van der Waals surface area contributed by atoms with Gasteiger partial charge in [-0.05, 0) is 37.1 Å². The number of benzene rings is 1. The van der Waals surface area contributed by atoms with Crippen LogP contribution in [-0.2, 0) is 5.41 Å². The van der Waals surface area contributed by atoms with E-state index in [0.717, 1.165) is 6.54 Å². The van der Waals surface area contributed by atoms with Crippen LogP contribution >= 0.6 is 0 Å². The Labute approximate surface area is 110 Å². The first-order chi connectivity index (χ1) is 8.67. The zero-order chi connectivity index (χ0) is 12.6. The zero-order valence-corrected chi connectivity index (χ0v) is 11.6. The van der Waals surface area contributed by atoms with E-state index in [1.54, 1.807) is 0 Å². The summed E-state index contributed by atoms with van der Waals surface area (Å²) in [4.78, 5) is 2.60. The molecule has 18 heavy (non-hydrogen) atoms. The van der Waals surface area contributed by atoms with Crippen LogP contribution in [0.2, 0.25) is 0 Å². The van der Waals surface area contributed by atoms with Gasteiger partial charge in [0.1, 0.15) is 0 Å². The molecule has 2 nitrogen and oxygen atoms in total. The Morgan fingerprint density at radius 2 is 1.94 bits per heavy atom. The highest BCUT2D eigenvalue weighted by atomic mass is 15.2. The first-order valence-corrected chi connectivity index (χ1v) is 7.22. The van der Waals surface area contributed by atoms with E-state index in [0.29, 0.717) is 6.04 Å². The second-order valence-electron chi connectivity index (χ2n) is 6.41. The van der Waals surface area contributed by atoms with Crippen molar-refractivity contribution in [2.75, 3.05) is 26.2 Å². The molecule has 1 aromatic carbocycles. The topological polar surface area (TPSA) is 15.3 Å². The van der Waals surface area contributed by atoms with Crippen molar-refractivity contribution in [3.8, 4) is 0 Å². The molecular formula is C16H24N2. The summed E-state index contributed by atoms with van der Waals surface area (Å²) < 4.78 is 0. The lowest BCUT2D eigenvalue weighted by Gasteiger charge is -2.39. The van der Waals surface area contributed by atoms with Gasteiger partial charge in [0.2, 0.25) is 0 Å². The van der Waals surface area contributed by atoms with Crippen LogP contribution in [0.3, 0.4) is 0 Å². The fourth-order valence-corrected chi connectivity index (χ4v) is 3.39. The Kier molecular flexibility index (Phi) is 3.16. The van der Waals surface area contributed by atoms with Crippen molar-refractivity contribution in [2.45, 2.75) is 38.1 Å². The summed E-state index contributed by atoms with van der Waals surface area (Å²) in [5.74, 6) is 0. The van der Waals surface area contributed by atoms with Crippen LogP contribution in [0.15, 0.2) is 24.3 Å².